The van der Waals surface area contributed by atoms with Crippen LogP contribution in [0.2, 0.25) is 5.02 Å². The molecule has 0 N–H and O–H groups in total. The molecular formula is C29H27ClF2O5. The van der Waals surface area contributed by atoms with Gasteiger partial charge in [0, 0.05) is 24.3 Å². The van der Waals surface area contributed by atoms with Crippen molar-refractivity contribution >= 4 is 23.5 Å². The van der Waals surface area contributed by atoms with E-state index in [9.17, 15) is 14.0 Å². The first kappa shape index (κ1) is 26.6. The second kappa shape index (κ2) is 11.3. The highest BCUT2D eigenvalue weighted by molar-refractivity contribution is 6.30. The van der Waals surface area contributed by atoms with Crippen LogP contribution >= 0.6 is 11.6 Å². The lowest BCUT2D eigenvalue weighted by atomic mass is 9.75. The topological polar surface area (TPSA) is 61.8 Å². The molecule has 0 bridgehead atoms. The number of esters is 2. The van der Waals surface area contributed by atoms with Crippen molar-refractivity contribution in [2.45, 2.75) is 43.9 Å². The maximum absolute atomic E-state index is 17.3. The lowest BCUT2D eigenvalue weighted by Crippen LogP contribution is -2.54. The fourth-order valence-corrected chi connectivity index (χ4v) is 4.76. The number of carbonyl (C=O) groups excluding carboxylic acids is 2. The van der Waals surface area contributed by atoms with Crippen molar-refractivity contribution in [3.05, 3.63) is 94.8 Å². The number of hydrogen-bond acceptors (Lipinski definition) is 5. The van der Waals surface area contributed by atoms with Crippen molar-refractivity contribution in [1.82, 2.24) is 0 Å². The lowest BCUT2D eigenvalue weighted by Gasteiger charge is -2.37. The maximum atomic E-state index is 17.3. The monoisotopic (exact) mass is 528 g/mol. The zero-order chi connectivity index (χ0) is 26.6. The number of alkyl halides is 1. The molecule has 0 heterocycles. The predicted octanol–water partition coefficient (Wildman–Crippen LogP) is 6.82. The molecule has 1 fully saturated rings. The summed E-state index contributed by atoms with van der Waals surface area (Å²) in [5.41, 5.74) is -1.76. The number of benzene rings is 3. The molecule has 4 rings (SSSR count). The number of ether oxygens (including phenoxy) is 3. The van der Waals surface area contributed by atoms with E-state index in [1.807, 2.05) is 0 Å². The Kier molecular flexibility index (Phi) is 8.13. The van der Waals surface area contributed by atoms with Crippen molar-refractivity contribution in [1.29, 1.82) is 0 Å². The van der Waals surface area contributed by atoms with Crippen LogP contribution in [0.25, 0.3) is 0 Å². The highest BCUT2D eigenvalue weighted by Crippen LogP contribution is 2.52. The van der Waals surface area contributed by atoms with E-state index in [-0.39, 0.29) is 18.1 Å². The molecule has 37 heavy (non-hydrogen) atoms. The molecule has 0 amide bonds. The molecule has 194 valence electrons. The Hall–Kier alpha value is -3.45. The normalized spacial score (nSPS) is 16.2. The van der Waals surface area contributed by atoms with Gasteiger partial charge in [-0.1, -0.05) is 48.0 Å². The van der Waals surface area contributed by atoms with Gasteiger partial charge in [-0.05, 0) is 66.3 Å². The van der Waals surface area contributed by atoms with Crippen LogP contribution in [0.1, 0.15) is 36.8 Å². The molecule has 3 aromatic carbocycles. The van der Waals surface area contributed by atoms with Crippen LogP contribution in [0, 0.1) is 11.7 Å². The molecule has 3 aromatic rings. The van der Waals surface area contributed by atoms with Gasteiger partial charge in [-0.3, -0.25) is 4.79 Å². The van der Waals surface area contributed by atoms with Crippen LogP contribution < -0.4 is 4.74 Å². The van der Waals surface area contributed by atoms with Gasteiger partial charge in [0.2, 0.25) is 0 Å². The minimum absolute atomic E-state index is 0.0794. The number of halogens is 3. The van der Waals surface area contributed by atoms with E-state index >= 15 is 4.39 Å². The molecule has 8 heteroatoms. The predicted molar refractivity (Wildman–Crippen MR) is 135 cm³/mol. The van der Waals surface area contributed by atoms with Crippen LogP contribution in [-0.4, -0.2) is 30.8 Å². The number of para-hydroxylation sites is 1. The van der Waals surface area contributed by atoms with E-state index in [0.717, 1.165) is 14.0 Å². The Bertz CT molecular complexity index is 1250. The van der Waals surface area contributed by atoms with Crippen molar-refractivity contribution in [2.75, 3.05) is 7.11 Å². The van der Waals surface area contributed by atoms with E-state index < -0.39 is 35.4 Å². The SMILES string of the molecule is COC(=O)[C@](F)([C@H](c1ccc(Cl)cc1)C1CC1)[C@@H](Cc1ccc(F)c(Oc2ccccc2)c1)OC(C)=O. The third kappa shape index (κ3) is 6.10. The van der Waals surface area contributed by atoms with Crippen molar-refractivity contribution in [3.63, 3.8) is 0 Å². The van der Waals surface area contributed by atoms with Gasteiger partial charge in [0.1, 0.15) is 5.75 Å². The van der Waals surface area contributed by atoms with E-state index in [0.29, 0.717) is 34.7 Å². The van der Waals surface area contributed by atoms with Gasteiger partial charge < -0.3 is 14.2 Å². The summed E-state index contributed by atoms with van der Waals surface area (Å²) in [6, 6.07) is 19.2. The minimum atomic E-state index is -2.72. The van der Waals surface area contributed by atoms with E-state index in [1.54, 1.807) is 54.6 Å². The largest absolute Gasteiger partial charge is 0.467 e. The average Bonchev–Trinajstić information content (AvgIpc) is 3.71. The summed E-state index contributed by atoms with van der Waals surface area (Å²) in [5.74, 6) is -3.29. The number of carbonyl (C=O) groups is 2. The van der Waals surface area contributed by atoms with Crippen LogP contribution in [-0.2, 0) is 25.5 Å². The molecule has 5 nitrogen and oxygen atoms in total. The van der Waals surface area contributed by atoms with Crippen molar-refractivity contribution < 1.29 is 32.6 Å². The van der Waals surface area contributed by atoms with Crippen LogP contribution in [0.3, 0.4) is 0 Å². The number of methoxy groups -OCH3 is 1. The fraction of sp³-hybridized carbons (Fsp3) is 0.310. The second-order valence-electron chi connectivity index (χ2n) is 9.11. The van der Waals surface area contributed by atoms with Crippen LogP contribution in [0.15, 0.2) is 72.8 Å². The summed E-state index contributed by atoms with van der Waals surface area (Å²) in [7, 11) is 1.09. The summed E-state index contributed by atoms with van der Waals surface area (Å²) < 4.78 is 47.9. The van der Waals surface area contributed by atoms with Gasteiger partial charge in [-0.15, -0.1) is 0 Å². The zero-order valence-electron chi connectivity index (χ0n) is 20.5. The van der Waals surface area contributed by atoms with Gasteiger partial charge in [-0.25, -0.2) is 13.6 Å². The van der Waals surface area contributed by atoms with Gasteiger partial charge >= 0.3 is 11.9 Å². The molecule has 0 unspecified atom stereocenters. The molecule has 0 aliphatic heterocycles. The molecule has 0 radical (unpaired) electrons. The van der Waals surface area contributed by atoms with Crippen LogP contribution in [0.5, 0.6) is 11.5 Å². The highest BCUT2D eigenvalue weighted by Gasteiger charge is 2.60. The fourth-order valence-electron chi connectivity index (χ4n) is 4.63. The third-order valence-corrected chi connectivity index (χ3v) is 6.69. The second-order valence-corrected chi connectivity index (χ2v) is 9.54. The minimum Gasteiger partial charge on any atom is -0.467 e. The highest BCUT2D eigenvalue weighted by atomic mass is 35.5. The Morgan fingerprint density at radius 3 is 2.32 bits per heavy atom. The first-order valence-corrected chi connectivity index (χ1v) is 12.3. The number of rotatable bonds is 10. The van der Waals surface area contributed by atoms with Crippen molar-refractivity contribution in [3.8, 4) is 11.5 Å². The van der Waals surface area contributed by atoms with Gasteiger partial charge in [0.25, 0.3) is 5.67 Å². The molecular weight excluding hydrogens is 502 g/mol. The Morgan fingerprint density at radius 1 is 1.05 bits per heavy atom. The van der Waals surface area contributed by atoms with E-state index in [4.69, 9.17) is 25.8 Å². The lowest BCUT2D eigenvalue weighted by molar-refractivity contribution is -0.177. The summed E-state index contributed by atoms with van der Waals surface area (Å²) >= 11 is 6.04. The molecule has 0 aromatic heterocycles. The summed E-state index contributed by atoms with van der Waals surface area (Å²) in [5, 5.41) is 0.467. The summed E-state index contributed by atoms with van der Waals surface area (Å²) in [6.45, 7) is 1.15. The van der Waals surface area contributed by atoms with Crippen LogP contribution in [0.4, 0.5) is 8.78 Å². The third-order valence-electron chi connectivity index (χ3n) is 6.44. The Labute approximate surface area is 219 Å². The maximum Gasteiger partial charge on any atom is 0.348 e. The Balaban J connectivity index is 1.74. The molecule has 1 aliphatic rings. The first-order chi connectivity index (χ1) is 17.7. The average molecular weight is 529 g/mol. The number of hydrogen-bond donors (Lipinski definition) is 0. The zero-order valence-corrected chi connectivity index (χ0v) is 21.2. The van der Waals surface area contributed by atoms with Gasteiger partial charge in [0.15, 0.2) is 17.7 Å². The smallest absolute Gasteiger partial charge is 0.348 e. The summed E-state index contributed by atoms with van der Waals surface area (Å²) in [4.78, 5) is 25.2. The Morgan fingerprint density at radius 2 is 1.73 bits per heavy atom. The van der Waals surface area contributed by atoms with Crippen molar-refractivity contribution in [2.24, 2.45) is 5.92 Å². The quantitative estimate of drug-likeness (QED) is 0.270. The molecule has 0 spiro atoms. The van der Waals surface area contributed by atoms with E-state index in [1.165, 1.54) is 18.2 Å². The summed E-state index contributed by atoms with van der Waals surface area (Å²) in [6.07, 6.45) is -0.357. The van der Waals surface area contributed by atoms with E-state index in [2.05, 4.69) is 0 Å². The first-order valence-electron chi connectivity index (χ1n) is 11.9. The standard InChI is InChI=1S/C29H27ClF2O5/c1-18(33)36-26(17-19-8-15-24(31)25(16-19)37-23-6-4-3-5-7-23)29(32,28(34)35-2)27(20-9-10-20)21-11-13-22(30)14-12-21/h3-8,11-16,20,26-27H,9-10,17H2,1-2H3/t26-,27+,29-/m1/s1. The van der Waals surface area contributed by atoms with Gasteiger partial charge in [-0.2, -0.15) is 0 Å². The molecule has 3 atom stereocenters. The molecule has 0 saturated heterocycles. The molecule has 1 saturated carbocycles. The van der Waals surface area contributed by atoms with Gasteiger partial charge in [0.05, 0.1) is 7.11 Å². The molecule has 1 aliphatic carbocycles.